The van der Waals surface area contributed by atoms with Crippen LogP contribution in [0.2, 0.25) is 0 Å². The number of carbonyl (C=O) groups is 3. The van der Waals surface area contributed by atoms with Crippen molar-refractivity contribution in [3.8, 4) is 0 Å². The maximum absolute atomic E-state index is 13.0. The number of esters is 1. The number of fused-ring (bicyclic) bond motifs is 1. The summed E-state index contributed by atoms with van der Waals surface area (Å²) in [7, 11) is 0. The molecule has 1 aliphatic heterocycles. The predicted molar refractivity (Wildman–Crippen MR) is 111 cm³/mol. The molecule has 6 nitrogen and oxygen atoms in total. The van der Waals surface area contributed by atoms with Gasteiger partial charge in [0.15, 0.2) is 6.10 Å². The van der Waals surface area contributed by atoms with Crippen LogP contribution in [0.5, 0.6) is 0 Å². The monoisotopic (exact) mass is 392 g/mol. The Bertz CT molecular complexity index is 952. The smallest absolute Gasteiger partial charge is 0.355 e. The number of ether oxygens (including phenoxy) is 1. The van der Waals surface area contributed by atoms with Gasteiger partial charge < -0.3 is 15.0 Å². The summed E-state index contributed by atoms with van der Waals surface area (Å²) in [6.45, 7) is 4.82. The standard InChI is InChI=1S/C23H24N2O4/c1-15-13-19-11-7-8-12-21(19)25(15)22(27)16(2)29-23(28)20(24-17(3)26)14-18-9-5-4-6-10-18/h4-12,14-16H,13H2,1-3H3,(H,24,26)/b20-14-/t15-,16+/m0/s1. The molecule has 0 saturated heterocycles. The molecule has 0 spiro atoms. The summed E-state index contributed by atoms with van der Waals surface area (Å²) in [4.78, 5) is 38.9. The van der Waals surface area contributed by atoms with Crippen molar-refractivity contribution in [1.29, 1.82) is 0 Å². The molecule has 1 N–H and O–H groups in total. The fourth-order valence-corrected chi connectivity index (χ4v) is 3.42. The number of anilines is 1. The summed E-state index contributed by atoms with van der Waals surface area (Å²) < 4.78 is 5.41. The van der Waals surface area contributed by atoms with Gasteiger partial charge in [0.25, 0.3) is 5.91 Å². The lowest BCUT2D eigenvalue weighted by molar-refractivity contribution is -0.150. The average molecular weight is 392 g/mol. The number of amides is 2. The molecule has 0 aromatic heterocycles. The van der Waals surface area contributed by atoms with Gasteiger partial charge in [0.1, 0.15) is 5.70 Å². The first-order valence-electron chi connectivity index (χ1n) is 9.53. The molecule has 2 aromatic rings. The maximum atomic E-state index is 13.0. The number of nitrogens with zero attached hydrogens (tertiary/aromatic N) is 1. The first-order valence-corrected chi connectivity index (χ1v) is 9.53. The lowest BCUT2D eigenvalue weighted by atomic mass is 10.1. The first-order chi connectivity index (χ1) is 13.9. The number of nitrogens with one attached hydrogen (secondary N) is 1. The van der Waals surface area contributed by atoms with Crippen molar-refractivity contribution < 1.29 is 19.1 Å². The highest BCUT2D eigenvalue weighted by Crippen LogP contribution is 2.32. The Labute approximate surface area is 170 Å². The van der Waals surface area contributed by atoms with E-state index in [-0.39, 0.29) is 17.6 Å². The summed E-state index contributed by atoms with van der Waals surface area (Å²) in [5.41, 5.74) is 2.65. The normalized spacial score (nSPS) is 16.7. The molecule has 1 aliphatic rings. The van der Waals surface area contributed by atoms with E-state index < -0.39 is 18.0 Å². The topological polar surface area (TPSA) is 75.7 Å². The van der Waals surface area contributed by atoms with Gasteiger partial charge >= 0.3 is 5.97 Å². The van der Waals surface area contributed by atoms with E-state index in [0.29, 0.717) is 0 Å². The second-order valence-electron chi connectivity index (χ2n) is 7.09. The molecule has 6 heteroatoms. The van der Waals surface area contributed by atoms with Gasteiger partial charge in [-0.05, 0) is 43.5 Å². The highest BCUT2D eigenvalue weighted by atomic mass is 16.5. The zero-order chi connectivity index (χ0) is 21.0. The molecule has 0 bridgehead atoms. The van der Waals surface area contributed by atoms with Crippen molar-refractivity contribution in [1.82, 2.24) is 5.32 Å². The third-order valence-electron chi connectivity index (χ3n) is 4.72. The predicted octanol–water partition coefficient (Wildman–Crippen LogP) is 3.07. The molecule has 29 heavy (non-hydrogen) atoms. The number of rotatable bonds is 5. The van der Waals surface area contributed by atoms with Gasteiger partial charge in [0, 0.05) is 18.7 Å². The molecule has 0 unspecified atom stereocenters. The van der Waals surface area contributed by atoms with Crippen molar-refractivity contribution in [3.63, 3.8) is 0 Å². The van der Waals surface area contributed by atoms with E-state index >= 15 is 0 Å². The van der Waals surface area contributed by atoms with E-state index in [1.54, 1.807) is 24.0 Å². The summed E-state index contributed by atoms with van der Waals surface area (Å²) in [6.07, 6.45) is 1.28. The third kappa shape index (κ3) is 4.71. The third-order valence-corrected chi connectivity index (χ3v) is 4.72. The Morgan fingerprint density at radius 2 is 1.76 bits per heavy atom. The summed E-state index contributed by atoms with van der Waals surface area (Å²) >= 11 is 0. The number of hydrogen-bond donors (Lipinski definition) is 1. The zero-order valence-corrected chi connectivity index (χ0v) is 16.7. The van der Waals surface area contributed by atoms with Gasteiger partial charge in [0.2, 0.25) is 5.91 Å². The number of benzene rings is 2. The first kappa shape index (κ1) is 20.3. The van der Waals surface area contributed by atoms with Crippen LogP contribution in [-0.4, -0.2) is 29.9 Å². The summed E-state index contributed by atoms with van der Waals surface area (Å²) in [6, 6.07) is 16.8. The Balaban J connectivity index is 1.76. The highest BCUT2D eigenvalue weighted by molar-refractivity contribution is 6.02. The van der Waals surface area contributed by atoms with Gasteiger partial charge in [0.05, 0.1) is 0 Å². The van der Waals surface area contributed by atoms with Gasteiger partial charge in [-0.2, -0.15) is 0 Å². The highest BCUT2D eigenvalue weighted by Gasteiger charge is 2.34. The van der Waals surface area contributed by atoms with Crippen molar-refractivity contribution in [2.24, 2.45) is 0 Å². The average Bonchev–Trinajstić information content (AvgIpc) is 3.02. The maximum Gasteiger partial charge on any atom is 0.355 e. The van der Waals surface area contributed by atoms with Crippen LogP contribution in [0.3, 0.4) is 0 Å². The zero-order valence-electron chi connectivity index (χ0n) is 16.7. The van der Waals surface area contributed by atoms with Crippen molar-refractivity contribution in [2.45, 2.75) is 39.3 Å². The summed E-state index contributed by atoms with van der Waals surface area (Å²) in [5, 5.41) is 2.49. The summed E-state index contributed by atoms with van der Waals surface area (Å²) in [5.74, 6) is -1.45. The van der Waals surface area contributed by atoms with Crippen LogP contribution in [0.1, 0.15) is 31.9 Å². The Hall–Kier alpha value is -3.41. The molecule has 0 radical (unpaired) electrons. The largest absolute Gasteiger partial charge is 0.448 e. The van der Waals surface area contributed by atoms with E-state index in [0.717, 1.165) is 23.2 Å². The Morgan fingerprint density at radius 3 is 2.45 bits per heavy atom. The van der Waals surface area contributed by atoms with Crippen LogP contribution in [-0.2, 0) is 25.5 Å². The molecule has 150 valence electrons. The minimum absolute atomic E-state index is 0.0155. The molecule has 0 fully saturated rings. The molecule has 2 amide bonds. The quantitative estimate of drug-likeness (QED) is 0.627. The van der Waals surface area contributed by atoms with Crippen LogP contribution in [0.25, 0.3) is 6.08 Å². The van der Waals surface area contributed by atoms with Crippen molar-refractivity contribution in [3.05, 3.63) is 71.4 Å². The second-order valence-corrected chi connectivity index (χ2v) is 7.09. The SMILES string of the molecule is CC(=O)N/C(=C\c1ccccc1)C(=O)O[C@H](C)C(=O)N1c2ccccc2C[C@@H]1C. The van der Waals surface area contributed by atoms with E-state index in [1.807, 2.05) is 49.4 Å². The van der Waals surface area contributed by atoms with Crippen LogP contribution in [0.4, 0.5) is 5.69 Å². The lowest BCUT2D eigenvalue weighted by Gasteiger charge is -2.26. The Morgan fingerprint density at radius 1 is 1.10 bits per heavy atom. The van der Waals surface area contributed by atoms with Crippen LogP contribution in [0, 0.1) is 0 Å². The molecule has 2 atom stereocenters. The lowest BCUT2D eigenvalue weighted by Crippen LogP contribution is -2.43. The molecular formula is C23H24N2O4. The minimum atomic E-state index is -0.996. The number of para-hydroxylation sites is 1. The minimum Gasteiger partial charge on any atom is -0.448 e. The fraction of sp³-hybridized carbons (Fsp3) is 0.261. The second kappa shape index (κ2) is 8.73. The van der Waals surface area contributed by atoms with E-state index in [4.69, 9.17) is 4.74 Å². The number of carbonyl (C=O) groups excluding carboxylic acids is 3. The van der Waals surface area contributed by atoms with E-state index in [2.05, 4.69) is 5.32 Å². The van der Waals surface area contributed by atoms with Gasteiger partial charge in [-0.25, -0.2) is 4.79 Å². The molecular weight excluding hydrogens is 368 g/mol. The van der Waals surface area contributed by atoms with Crippen LogP contribution >= 0.6 is 0 Å². The molecule has 1 heterocycles. The van der Waals surface area contributed by atoms with Gasteiger partial charge in [-0.3, -0.25) is 9.59 Å². The Kier molecular flexibility index (Phi) is 6.12. The van der Waals surface area contributed by atoms with Crippen LogP contribution < -0.4 is 10.2 Å². The van der Waals surface area contributed by atoms with Crippen LogP contribution in [0.15, 0.2) is 60.3 Å². The molecule has 0 saturated carbocycles. The van der Waals surface area contributed by atoms with Crippen molar-refractivity contribution in [2.75, 3.05) is 4.90 Å². The molecule has 0 aliphatic carbocycles. The van der Waals surface area contributed by atoms with E-state index in [1.165, 1.54) is 13.0 Å². The van der Waals surface area contributed by atoms with Gasteiger partial charge in [-0.15, -0.1) is 0 Å². The van der Waals surface area contributed by atoms with E-state index in [9.17, 15) is 14.4 Å². The van der Waals surface area contributed by atoms with Gasteiger partial charge in [-0.1, -0.05) is 48.5 Å². The number of hydrogen-bond acceptors (Lipinski definition) is 4. The molecule has 3 rings (SSSR count). The van der Waals surface area contributed by atoms with Crippen molar-refractivity contribution >= 4 is 29.5 Å². The fourth-order valence-electron chi connectivity index (χ4n) is 3.42. The molecule has 2 aromatic carbocycles.